The number of hydrogen-bond acceptors (Lipinski definition) is 2. The van der Waals surface area contributed by atoms with E-state index in [0.29, 0.717) is 17.9 Å². The summed E-state index contributed by atoms with van der Waals surface area (Å²) in [6.07, 6.45) is -3.13. The molecule has 0 fully saturated rings. The molecule has 0 aliphatic heterocycles. The highest BCUT2D eigenvalue weighted by atomic mass is 19.4. The first-order chi connectivity index (χ1) is 8.74. The van der Waals surface area contributed by atoms with Gasteiger partial charge in [-0.25, -0.2) is 0 Å². The van der Waals surface area contributed by atoms with Crippen LogP contribution in [0.2, 0.25) is 0 Å². The lowest BCUT2D eigenvalue weighted by atomic mass is 10.2. The molecule has 0 spiro atoms. The van der Waals surface area contributed by atoms with E-state index in [1.54, 1.807) is 13.8 Å². The fourth-order valence-corrected chi connectivity index (χ4v) is 1.83. The molecule has 0 saturated carbocycles. The Bertz CT molecular complexity index is 438. The molecular weight excluding hydrogens is 259 g/mol. The third-order valence-electron chi connectivity index (χ3n) is 2.71. The molecule has 0 saturated heterocycles. The molecule has 6 heteroatoms. The van der Waals surface area contributed by atoms with E-state index in [2.05, 4.69) is 0 Å². The summed E-state index contributed by atoms with van der Waals surface area (Å²) in [6, 6.07) is 1.48. The Kier molecular flexibility index (Phi) is 5.03. The van der Waals surface area contributed by atoms with Gasteiger partial charge in [0.25, 0.3) is 5.91 Å². The first-order valence-electron chi connectivity index (χ1n) is 6.17. The summed E-state index contributed by atoms with van der Waals surface area (Å²) in [5.74, 6) is 0.245. The molecule has 1 aromatic rings. The van der Waals surface area contributed by atoms with Crippen LogP contribution in [0, 0.1) is 13.8 Å². The number of unbranched alkanes of at least 4 members (excludes halogenated alkanes) is 1. The molecule has 0 unspecified atom stereocenters. The molecule has 0 N–H and O–H groups in total. The van der Waals surface area contributed by atoms with Crippen LogP contribution < -0.4 is 0 Å². The van der Waals surface area contributed by atoms with E-state index in [1.165, 1.54) is 6.07 Å². The molecule has 3 nitrogen and oxygen atoms in total. The summed E-state index contributed by atoms with van der Waals surface area (Å²) >= 11 is 0. The molecule has 0 radical (unpaired) electrons. The molecule has 0 atom stereocenters. The van der Waals surface area contributed by atoms with Crippen molar-refractivity contribution in [3.63, 3.8) is 0 Å². The van der Waals surface area contributed by atoms with Crippen molar-refractivity contribution < 1.29 is 22.4 Å². The van der Waals surface area contributed by atoms with Gasteiger partial charge in [0.2, 0.25) is 0 Å². The van der Waals surface area contributed by atoms with E-state index >= 15 is 0 Å². The fraction of sp³-hybridized carbons (Fsp3) is 0.615. The highest BCUT2D eigenvalue weighted by Gasteiger charge is 2.33. The predicted molar refractivity (Wildman–Crippen MR) is 65.0 cm³/mol. The topological polar surface area (TPSA) is 33.5 Å². The van der Waals surface area contributed by atoms with Gasteiger partial charge in [0, 0.05) is 6.54 Å². The number of alkyl halides is 3. The van der Waals surface area contributed by atoms with Crippen LogP contribution in [0.15, 0.2) is 10.5 Å². The van der Waals surface area contributed by atoms with E-state index in [1.807, 2.05) is 6.92 Å². The van der Waals surface area contributed by atoms with E-state index in [4.69, 9.17) is 4.42 Å². The molecule has 19 heavy (non-hydrogen) atoms. The van der Waals surface area contributed by atoms with Crippen LogP contribution in [0.25, 0.3) is 0 Å². The van der Waals surface area contributed by atoms with Crippen LogP contribution in [-0.2, 0) is 0 Å². The van der Waals surface area contributed by atoms with Crippen LogP contribution in [0.5, 0.6) is 0 Å². The summed E-state index contributed by atoms with van der Waals surface area (Å²) in [7, 11) is 0. The van der Waals surface area contributed by atoms with Crippen molar-refractivity contribution in [2.24, 2.45) is 0 Å². The Morgan fingerprint density at radius 1 is 1.37 bits per heavy atom. The SMILES string of the molecule is CCCCN(CC(F)(F)F)C(=O)c1cc(C)oc1C. The van der Waals surface area contributed by atoms with Crippen molar-refractivity contribution >= 4 is 5.91 Å². The van der Waals surface area contributed by atoms with Crippen LogP contribution >= 0.6 is 0 Å². The molecular formula is C13H18F3NO2. The van der Waals surface area contributed by atoms with Crippen molar-refractivity contribution in [1.82, 2.24) is 4.90 Å². The maximum absolute atomic E-state index is 12.5. The number of carbonyl (C=O) groups excluding carboxylic acids is 1. The van der Waals surface area contributed by atoms with E-state index < -0.39 is 18.6 Å². The standard InChI is InChI=1S/C13H18F3NO2/c1-4-5-6-17(8-13(14,15)16)12(18)11-7-9(2)19-10(11)3/h7H,4-6,8H2,1-3H3. The smallest absolute Gasteiger partial charge is 0.406 e. The van der Waals surface area contributed by atoms with E-state index in [9.17, 15) is 18.0 Å². The summed E-state index contributed by atoms with van der Waals surface area (Å²) in [5, 5.41) is 0. The summed E-state index contributed by atoms with van der Waals surface area (Å²) < 4.78 is 42.7. The van der Waals surface area contributed by atoms with Crippen molar-refractivity contribution in [2.45, 2.75) is 39.8 Å². The van der Waals surface area contributed by atoms with Gasteiger partial charge in [-0.3, -0.25) is 4.79 Å². The largest absolute Gasteiger partial charge is 0.466 e. The molecule has 1 aromatic heterocycles. The van der Waals surface area contributed by atoms with Gasteiger partial charge in [-0.05, 0) is 26.3 Å². The van der Waals surface area contributed by atoms with Gasteiger partial charge in [-0.15, -0.1) is 0 Å². The molecule has 0 bridgehead atoms. The second-order valence-electron chi connectivity index (χ2n) is 4.52. The second kappa shape index (κ2) is 6.12. The minimum absolute atomic E-state index is 0.0957. The Morgan fingerprint density at radius 2 is 2.00 bits per heavy atom. The molecule has 1 heterocycles. The Morgan fingerprint density at radius 3 is 2.42 bits per heavy atom. The number of rotatable bonds is 5. The quantitative estimate of drug-likeness (QED) is 0.822. The Balaban J connectivity index is 2.90. The fourth-order valence-electron chi connectivity index (χ4n) is 1.83. The third kappa shape index (κ3) is 4.61. The molecule has 0 aromatic carbocycles. The van der Waals surface area contributed by atoms with Gasteiger partial charge < -0.3 is 9.32 Å². The Hall–Kier alpha value is -1.46. The number of nitrogens with zero attached hydrogens (tertiary/aromatic N) is 1. The van der Waals surface area contributed by atoms with Crippen molar-refractivity contribution in [3.05, 3.63) is 23.2 Å². The summed E-state index contributed by atoms with van der Waals surface area (Å²) in [6.45, 7) is 3.97. The average molecular weight is 277 g/mol. The van der Waals surface area contributed by atoms with Gasteiger partial charge in [0.05, 0.1) is 5.56 Å². The zero-order valence-corrected chi connectivity index (χ0v) is 11.3. The predicted octanol–water partition coefficient (Wildman–Crippen LogP) is 3.70. The number of halogens is 3. The summed E-state index contributed by atoms with van der Waals surface area (Å²) in [5.41, 5.74) is 0.206. The molecule has 1 rings (SSSR count). The second-order valence-corrected chi connectivity index (χ2v) is 4.52. The highest BCUT2D eigenvalue weighted by Crippen LogP contribution is 2.21. The average Bonchev–Trinajstić information content (AvgIpc) is 2.61. The van der Waals surface area contributed by atoms with Crippen LogP contribution in [0.1, 0.15) is 41.6 Å². The highest BCUT2D eigenvalue weighted by molar-refractivity contribution is 5.95. The third-order valence-corrected chi connectivity index (χ3v) is 2.71. The maximum Gasteiger partial charge on any atom is 0.406 e. The minimum atomic E-state index is -4.39. The molecule has 0 aliphatic rings. The lowest BCUT2D eigenvalue weighted by Crippen LogP contribution is -2.39. The first kappa shape index (κ1) is 15.6. The van der Waals surface area contributed by atoms with Crippen LogP contribution in [0.4, 0.5) is 13.2 Å². The van der Waals surface area contributed by atoms with Crippen LogP contribution in [-0.4, -0.2) is 30.1 Å². The first-order valence-corrected chi connectivity index (χ1v) is 6.17. The van der Waals surface area contributed by atoms with Gasteiger partial charge in [0.1, 0.15) is 18.1 Å². The zero-order chi connectivity index (χ0) is 14.6. The normalized spacial score (nSPS) is 11.7. The molecule has 1 amide bonds. The van der Waals surface area contributed by atoms with Gasteiger partial charge >= 0.3 is 6.18 Å². The van der Waals surface area contributed by atoms with Crippen molar-refractivity contribution in [2.75, 3.05) is 13.1 Å². The van der Waals surface area contributed by atoms with Gasteiger partial charge in [-0.1, -0.05) is 13.3 Å². The van der Waals surface area contributed by atoms with E-state index in [-0.39, 0.29) is 12.1 Å². The lowest BCUT2D eigenvalue weighted by Gasteiger charge is -2.23. The zero-order valence-electron chi connectivity index (χ0n) is 11.3. The maximum atomic E-state index is 12.5. The lowest BCUT2D eigenvalue weighted by molar-refractivity contribution is -0.140. The number of carbonyl (C=O) groups is 1. The minimum Gasteiger partial charge on any atom is -0.466 e. The number of amides is 1. The molecule has 0 aliphatic carbocycles. The number of hydrogen-bond donors (Lipinski definition) is 0. The van der Waals surface area contributed by atoms with Crippen molar-refractivity contribution in [1.29, 1.82) is 0 Å². The van der Waals surface area contributed by atoms with Crippen LogP contribution in [0.3, 0.4) is 0 Å². The van der Waals surface area contributed by atoms with Gasteiger partial charge in [0.15, 0.2) is 0 Å². The van der Waals surface area contributed by atoms with E-state index in [0.717, 1.165) is 11.3 Å². The summed E-state index contributed by atoms with van der Waals surface area (Å²) in [4.78, 5) is 13.0. The molecule has 108 valence electrons. The number of furan rings is 1. The number of aryl methyl sites for hydroxylation is 2. The monoisotopic (exact) mass is 277 g/mol. The van der Waals surface area contributed by atoms with Crippen molar-refractivity contribution in [3.8, 4) is 0 Å². The van der Waals surface area contributed by atoms with Gasteiger partial charge in [-0.2, -0.15) is 13.2 Å². The Labute approximate surface area is 110 Å².